The van der Waals surface area contributed by atoms with Crippen LogP contribution < -0.4 is 0 Å². The second kappa shape index (κ2) is 5.13. The summed E-state index contributed by atoms with van der Waals surface area (Å²) in [5, 5.41) is 20.9. The van der Waals surface area contributed by atoms with Gasteiger partial charge in [-0.05, 0) is 29.8 Å². The molecule has 1 aromatic carbocycles. The minimum absolute atomic E-state index is 0.00536. The van der Waals surface area contributed by atoms with Gasteiger partial charge in [-0.15, -0.1) is 0 Å². The molecule has 0 saturated heterocycles. The van der Waals surface area contributed by atoms with Gasteiger partial charge in [-0.2, -0.15) is 0 Å². The summed E-state index contributed by atoms with van der Waals surface area (Å²) in [5.74, 6) is 0.00778. The Hall–Kier alpha value is -2.96. The lowest BCUT2D eigenvalue weighted by molar-refractivity contribution is -0.402. The van der Waals surface area contributed by atoms with Crippen molar-refractivity contribution < 1.29 is 14.3 Å². The zero-order chi connectivity index (χ0) is 13.8. The first kappa shape index (κ1) is 12.5. The summed E-state index contributed by atoms with van der Waals surface area (Å²) in [4.78, 5) is 19.8. The van der Waals surface area contributed by atoms with Gasteiger partial charge in [0.15, 0.2) is 0 Å². The third kappa shape index (κ3) is 3.03. The van der Waals surface area contributed by atoms with Gasteiger partial charge in [0.1, 0.15) is 10.7 Å². The number of rotatable bonds is 4. The summed E-state index contributed by atoms with van der Waals surface area (Å²) in [5.41, 5.74) is 0.732. The van der Waals surface area contributed by atoms with Crippen molar-refractivity contribution >= 4 is 23.7 Å². The van der Waals surface area contributed by atoms with Gasteiger partial charge in [-0.3, -0.25) is 20.2 Å². The van der Waals surface area contributed by atoms with Crippen LogP contribution >= 0.6 is 0 Å². The molecule has 0 N–H and O–H groups in total. The molecule has 0 radical (unpaired) electrons. The fourth-order valence-corrected chi connectivity index (χ4v) is 1.42. The maximum absolute atomic E-state index is 10.5. The second-order valence-corrected chi connectivity index (χ2v) is 3.62. The average Bonchev–Trinajstić information content (AvgIpc) is 2.86. The van der Waals surface area contributed by atoms with E-state index < -0.39 is 9.85 Å². The van der Waals surface area contributed by atoms with Crippen LogP contribution in [0.25, 0.3) is 12.2 Å². The van der Waals surface area contributed by atoms with E-state index in [0.29, 0.717) is 5.76 Å². The Morgan fingerprint density at radius 1 is 0.895 bits per heavy atom. The Morgan fingerprint density at radius 2 is 1.58 bits per heavy atom. The number of hydrogen-bond donors (Lipinski definition) is 0. The summed E-state index contributed by atoms with van der Waals surface area (Å²) in [7, 11) is 0. The van der Waals surface area contributed by atoms with E-state index in [0.717, 1.165) is 5.56 Å². The Kier molecular flexibility index (Phi) is 3.37. The molecule has 7 heteroatoms. The van der Waals surface area contributed by atoms with E-state index in [4.69, 9.17) is 4.42 Å². The number of furan rings is 1. The van der Waals surface area contributed by atoms with E-state index in [9.17, 15) is 20.2 Å². The number of nitro groups is 2. The Morgan fingerprint density at radius 3 is 2.11 bits per heavy atom. The largest absolute Gasteiger partial charge is 0.433 e. The number of hydrogen-bond acceptors (Lipinski definition) is 5. The quantitative estimate of drug-likeness (QED) is 0.620. The van der Waals surface area contributed by atoms with Crippen LogP contribution in [-0.2, 0) is 0 Å². The molecular weight excluding hydrogens is 252 g/mol. The topological polar surface area (TPSA) is 99.4 Å². The van der Waals surface area contributed by atoms with Crippen LogP contribution in [0.2, 0.25) is 0 Å². The van der Waals surface area contributed by atoms with Crippen molar-refractivity contribution in [2.24, 2.45) is 0 Å². The first-order valence-electron chi connectivity index (χ1n) is 5.23. The van der Waals surface area contributed by atoms with Crippen LogP contribution in [0, 0.1) is 20.2 Å². The molecule has 19 heavy (non-hydrogen) atoms. The highest BCUT2D eigenvalue weighted by molar-refractivity contribution is 5.68. The van der Waals surface area contributed by atoms with Crippen molar-refractivity contribution in [1.82, 2.24) is 0 Å². The van der Waals surface area contributed by atoms with Crippen molar-refractivity contribution in [1.29, 1.82) is 0 Å². The molecule has 2 rings (SSSR count). The lowest BCUT2D eigenvalue weighted by atomic mass is 10.2. The molecule has 0 aliphatic carbocycles. The highest BCUT2D eigenvalue weighted by atomic mass is 16.6. The van der Waals surface area contributed by atoms with Gasteiger partial charge in [0.05, 0.1) is 11.0 Å². The molecule has 0 saturated carbocycles. The maximum atomic E-state index is 10.5. The molecular formula is C12H8N2O5. The van der Waals surface area contributed by atoms with Crippen molar-refractivity contribution in [3.05, 3.63) is 68.0 Å². The second-order valence-electron chi connectivity index (χ2n) is 3.62. The minimum Gasteiger partial charge on any atom is -0.401 e. The minimum atomic E-state index is -0.622. The number of nitro benzene ring substituents is 1. The summed E-state index contributed by atoms with van der Waals surface area (Å²) in [6.45, 7) is 0. The molecule has 0 aliphatic rings. The highest BCUT2D eigenvalue weighted by Crippen LogP contribution is 2.18. The molecule has 0 bridgehead atoms. The summed E-state index contributed by atoms with van der Waals surface area (Å²) in [6, 6.07) is 8.64. The predicted molar refractivity (Wildman–Crippen MR) is 67.4 cm³/mol. The van der Waals surface area contributed by atoms with Crippen LogP contribution in [0.15, 0.2) is 40.8 Å². The maximum Gasteiger partial charge on any atom is 0.433 e. The van der Waals surface area contributed by atoms with Crippen LogP contribution in [-0.4, -0.2) is 9.85 Å². The summed E-state index contributed by atoms with van der Waals surface area (Å²) >= 11 is 0. The van der Waals surface area contributed by atoms with E-state index in [2.05, 4.69) is 0 Å². The van der Waals surface area contributed by atoms with Gasteiger partial charge in [0.25, 0.3) is 5.69 Å². The molecule has 0 aliphatic heterocycles. The predicted octanol–water partition coefficient (Wildman–Crippen LogP) is 3.27. The zero-order valence-corrected chi connectivity index (χ0v) is 9.55. The molecule has 1 aromatic heterocycles. The molecule has 0 spiro atoms. The summed E-state index contributed by atoms with van der Waals surface area (Å²) in [6.07, 6.45) is 3.19. The molecule has 0 atom stereocenters. The van der Waals surface area contributed by atoms with Gasteiger partial charge >= 0.3 is 5.88 Å². The van der Waals surface area contributed by atoms with E-state index in [-0.39, 0.29) is 11.6 Å². The van der Waals surface area contributed by atoms with Crippen LogP contribution in [0.3, 0.4) is 0 Å². The van der Waals surface area contributed by atoms with Crippen LogP contribution in [0.1, 0.15) is 11.3 Å². The van der Waals surface area contributed by atoms with Crippen molar-refractivity contribution in [2.45, 2.75) is 0 Å². The first-order chi connectivity index (χ1) is 9.06. The third-order valence-electron chi connectivity index (χ3n) is 2.34. The van der Waals surface area contributed by atoms with Crippen molar-refractivity contribution in [3.63, 3.8) is 0 Å². The SMILES string of the molecule is O=[N+]([O-])c1ccc(C=Cc2ccc([N+](=O)[O-])o2)cc1. The normalized spacial score (nSPS) is 10.7. The molecule has 1 heterocycles. The van der Waals surface area contributed by atoms with E-state index in [1.165, 1.54) is 24.3 Å². The van der Waals surface area contributed by atoms with Gasteiger partial charge in [-0.1, -0.05) is 6.08 Å². The molecule has 7 nitrogen and oxygen atoms in total. The van der Waals surface area contributed by atoms with E-state index in [1.54, 1.807) is 24.3 Å². The molecule has 0 fully saturated rings. The Bertz CT molecular complexity index is 642. The smallest absolute Gasteiger partial charge is 0.401 e. The molecule has 96 valence electrons. The Labute approximate surface area is 107 Å². The standard InChI is InChI=1S/C12H8N2O5/c15-13(16)10-4-1-9(2-5-10)3-6-11-7-8-12(19-11)14(17)18/h1-8H. The number of nitrogens with zero attached hydrogens (tertiary/aromatic N) is 2. The van der Waals surface area contributed by atoms with E-state index in [1.807, 2.05) is 0 Å². The number of benzene rings is 1. The van der Waals surface area contributed by atoms with Gasteiger partial charge < -0.3 is 4.42 Å². The summed E-state index contributed by atoms with van der Waals surface area (Å²) < 4.78 is 4.93. The molecule has 2 aromatic rings. The van der Waals surface area contributed by atoms with Crippen LogP contribution in [0.5, 0.6) is 0 Å². The zero-order valence-electron chi connectivity index (χ0n) is 9.55. The van der Waals surface area contributed by atoms with Crippen LogP contribution in [0.4, 0.5) is 11.6 Å². The van der Waals surface area contributed by atoms with Crippen molar-refractivity contribution in [3.8, 4) is 0 Å². The van der Waals surface area contributed by atoms with Crippen molar-refractivity contribution in [2.75, 3.05) is 0 Å². The number of non-ortho nitro benzene ring substituents is 1. The fourth-order valence-electron chi connectivity index (χ4n) is 1.42. The lowest BCUT2D eigenvalue weighted by Crippen LogP contribution is -1.86. The van der Waals surface area contributed by atoms with Gasteiger partial charge in [0.2, 0.25) is 0 Å². The van der Waals surface area contributed by atoms with Gasteiger partial charge in [-0.25, -0.2) is 0 Å². The van der Waals surface area contributed by atoms with E-state index >= 15 is 0 Å². The highest BCUT2D eigenvalue weighted by Gasteiger charge is 2.09. The third-order valence-corrected chi connectivity index (χ3v) is 2.34. The first-order valence-corrected chi connectivity index (χ1v) is 5.23. The average molecular weight is 260 g/mol. The Balaban J connectivity index is 2.13. The molecule has 0 amide bonds. The lowest BCUT2D eigenvalue weighted by Gasteiger charge is -1.93. The van der Waals surface area contributed by atoms with Gasteiger partial charge in [0, 0.05) is 12.1 Å². The molecule has 0 unspecified atom stereocenters. The fraction of sp³-hybridized carbons (Fsp3) is 0. The monoisotopic (exact) mass is 260 g/mol.